The van der Waals surface area contributed by atoms with Crippen molar-refractivity contribution < 1.29 is 9.21 Å². The molecule has 0 unspecified atom stereocenters. The molecule has 1 amide bonds. The van der Waals surface area contributed by atoms with Gasteiger partial charge in [0.1, 0.15) is 12.1 Å². The molecule has 1 aromatic carbocycles. The van der Waals surface area contributed by atoms with Gasteiger partial charge in [0.15, 0.2) is 5.16 Å². The summed E-state index contributed by atoms with van der Waals surface area (Å²) in [6.45, 7) is 1.94. The first-order valence-corrected chi connectivity index (χ1v) is 10.2. The maximum atomic E-state index is 12.8. The fourth-order valence-corrected chi connectivity index (χ4v) is 4.45. The first-order chi connectivity index (χ1) is 13.8. The summed E-state index contributed by atoms with van der Waals surface area (Å²) in [6.07, 6.45) is 4.16. The third-order valence-corrected chi connectivity index (χ3v) is 6.01. The average molecular weight is 393 g/mol. The number of amides is 1. The first-order valence-electron chi connectivity index (χ1n) is 9.17. The van der Waals surface area contributed by atoms with Crippen LogP contribution >= 0.6 is 11.8 Å². The number of hydrogen-bond acceptors (Lipinski definition) is 5. The van der Waals surface area contributed by atoms with Crippen molar-refractivity contribution in [2.45, 2.75) is 24.7 Å². The zero-order valence-electron chi connectivity index (χ0n) is 15.2. The van der Waals surface area contributed by atoms with Crippen LogP contribution in [-0.2, 0) is 24.3 Å². The lowest BCUT2D eigenvalue weighted by Gasteiger charge is -2.27. The molecule has 8 heteroatoms. The summed E-state index contributed by atoms with van der Waals surface area (Å²) >= 11 is 1.41. The number of furan rings is 1. The topological polar surface area (TPSA) is 79.9 Å². The van der Waals surface area contributed by atoms with Crippen LogP contribution in [0.3, 0.4) is 0 Å². The summed E-state index contributed by atoms with van der Waals surface area (Å²) in [7, 11) is 0. The molecule has 0 bridgehead atoms. The number of hydrogen-bond donors (Lipinski definition) is 1. The van der Waals surface area contributed by atoms with Gasteiger partial charge in [-0.15, -0.1) is 10.2 Å². The van der Waals surface area contributed by atoms with Gasteiger partial charge in [-0.3, -0.25) is 4.79 Å². The number of fused-ring (bicyclic) bond motifs is 3. The van der Waals surface area contributed by atoms with E-state index in [0.29, 0.717) is 18.8 Å². The molecule has 7 nitrogen and oxygen atoms in total. The van der Waals surface area contributed by atoms with Crippen molar-refractivity contribution in [1.82, 2.24) is 24.6 Å². The number of rotatable bonds is 5. The number of carbonyl (C=O) groups is 1. The Morgan fingerprint density at radius 1 is 1.25 bits per heavy atom. The summed E-state index contributed by atoms with van der Waals surface area (Å²) in [6, 6.07) is 12.0. The van der Waals surface area contributed by atoms with E-state index in [1.54, 1.807) is 12.6 Å². The number of nitrogens with zero attached hydrogens (tertiary/aromatic N) is 4. The molecular weight excluding hydrogens is 374 g/mol. The largest absolute Gasteiger partial charge is 0.467 e. The van der Waals surface area contributed by atoms with Gasteiger partial charge in [-0.2, -0.15) is 0 Å². The van der Waals surface area contributed by atoms with E-state index in [1.807, 2.05) is 33.7 Å². The standard InChI is InChI=1S/C20H19N5O2S/c26-19(12-28-20-23-21-13-25(20)10-14-4-3-9-27-14)24-8-7-18-16(11-24)15-5-1-2-6-17(15)22-18/h1-6,9,13,22H,7-8,10-12H2. The molecule has 0 spiro atoms. The highest BCUT2D eigenvalue weighted by atomic mass is 32.2. The van der Waals surface area contributed by atoms with Crippen molar-refractivity contribution in [2.24, 2.45) is 0 Å². The SMILES string of the molecule is O=C(CSc1nncn1Cc1ccco1)N1CCc2[nH]c3ccccc3c2C1. The molecule has 0 saturated carbocycles. The van der Waals surface area contributed by atoms with Gasteiger partial charge >= 0.3 is 0 Å². The van der Waals surface area contributed by atoms with Crippen LogP contribution in [0.1, 0.15) is 17.0 Å². The lowest BCUT2D eigenvalue weighted by molar-refractivity contribution is -0.129. The van der Waals surface area contributed by atoms with Gasteiger partial charge in [0, 0.05) is 41.7 Å². The predicted octanol–water partition coefficient (Wildman–Crippen LogP) is 3.08. The van der Waals surface area contributed by atoms with Crippen molar-refractivity contribution in [1.29, 1.82) is 0 Å². The molecule has 3 aromatic heterocycles. The van der Waals surface area contributed by atoms with E-state index in [0.717, 1.165) is 29.4 Å². The molecular formula is C20H19N5O2S. The maximum absolute atomic E-state index is 12.8. The number of H-pyrrole nitrogens is 1. The molecule has 0 aliphatic carbocycles. The van der Waals surface area contributed by atoms with Crippen LogP contribution < -0.4 is 0 Å². The molecule has 0 fully saturated rings. The van der Waals surface area contributed by atoms with E-state index < -0.39 is 0 Å². The second-order valence-corrected chi connectivity index (χ2v) is 7.74. The summed E-state index contributed by atoms with van der Waals surface area (Å²) in [5.41, 5.74) is 3.62. The monoisotopic (exact) mass is 393 g/mol. The number of benzene rings is 1. The highest BCUT2D eigenvalue weighted by Gasteiger charge is 2.24. The molecule has 28 heavy (non-hydrogen) atoms. The molecule has 0 atom stereocenters. The van der Waals surface area contributed by atoms with Crippen LogP contribution in [0.25, 0.3) is 10.9 Å². The minimum Gasteiger partial charge on any atom is -0.467 e. The average Bonchev–Trinajstić information content (AvgIpc) is 3.46. The van der Waals surface area contributed by atoms with Gasteiger partial charge in [0.2, 0.25) is 5.91 Å². The summed E-state index contributed by atoms with van der Waals surface area (Å²) in [4.78, 5) is 18.2. The third-order valence-electron chi connectivity index (χ3n) is 5.05. The summed E-state index contributed by atoms with van der Waals surface area (Å²) in [5, 5.41) is 10.0. The van der Waals surface area contributed by atoms with Gasteiger partial charge in [0.25, 0.3) is 0 Å². The van der Waals surface area contributed by atoms with Crippen molar-refractivity contribution >= 4 is 28.6 Å². The zero-order valence-corrected chi connectivity index (χ0v) is 16.0. The molecule has 0 radical (unpaired) electrons. The second kappa shape index (κ2) is 7.20. The van der Waals surface area contributed by atoms with E-state index in [-0.39, 0.29) is 5.91 Å². The Morgan fingerprint density at radius 3 is 3.07 bits per heavy atom. The molecule has 142 valence electrons. The highest BCUT2D eigenvalue weighted by Crippen LogP contribution is 2.28. The number of thioether (sulfide) groups is 1. The lowest BCUT2D eigenvalue weighted by Crippen LogP contribution is -2.36. The van der Waals surface area contributed by atoms with Crippen molar-refractivity contribution in [3.63, 3.8) is 0 Å². The molecule has 4 aromatic rings. The fraction of sp³-hybridized carbons (Fsp3) is 0.250. The minimum atomic E-state index is 0.119. The smallest absolute Gasteiger partial charge is 0.233 e. The Bertz CT molecular complexity index is 1110. The lowest BCUT2D eigenvalue weighted by atomic mass is 10.0. The van der Waals surface area contributed by atoms with Gasteiger partial charge in [-0.05, 0) is 18.2 Å². The molecule has 1 N–H and O–H groups in total. The summed E-state index contributed by atoms with van der Waals surface area (Å²) in [5.74, 6) is 1.29. The Morgan fingerprint density at radius 2 is 2.18 bits per heavy atom. The maximum Gasteiger partial charge on any atom is 0.233 e. The normalized spacial score (nSPS) is 13.8. The van der Waals surface area contributed by atoms with E-state index in [9.17, 15) is 4.79 Å². The Labute approximate surface area is 165 Å². The number of carbonyl (C=O) groups excluding carboxylic acids is 1. The Kier molecular flexibility index (Phi) is 4.40. The number of aromatic nitrogens is 4. The molecule has 0 saturated heterocycles. The molecule has 5 rings (SSSR count). The quantitative estimate of drug-likeness (QED) is 0.527. The van der Waals surface area contributed by atoms with Crippen LogP contribution in [0.15, 0.2) is 58.6 Å². The van der Waals surface area contributed by atoms with Crippen LogP contribution in [-0.4, -0.2) is 42.9 Å². The van der Waals surface area contributed by atoms with Gasteiger partial charge in [-0.1, -0.05) is 30.0 Å². The van der Waals surface area contributed by atoms with Crippen molar-refractivity contribution in [3.8, 4) is 0 Å². The Balaban J connectivity index is 1.25. The van der Waals surface area contributed by atoms with Crippen LogP contribution in [0.4, 0.5) is 0 Å². The fourth-order valence-electron chi connectivity index (χ4n) is 3.63. The highest BCUT2D eigenvalue weighted by molar-refractivity contribution is 7.99. The van der Waals surface area contributed by atoms with E-state index in [4.69, 9.17) is 4.42 Å². The van der Waals surface area contributed by atoms with E-state index >= 15 is 0 Å². The second-order valence-electron chi connectivity index (χ2n) is 6.80. The molecule has 1 aliphatic rings. The minimum absolute atomic E-state index is 0.119. The van der Waals surface area contributed by atoms with Crippen LogP contribution in [0, 0.1) is 0 Å². The number of aromatic amines is 1. The van der Waals surface area contributed by atoms with Crippen molar-refractivity contribution in [2.75, 3.05) is 12.3 Å². The summed E-state index contributed by atoms with van der Waals surface area (Å²) < 4.78 is 7.27. The Hall–Kier alpha value is -3.00. The van der Waals surface area contributed by atoms with E-state index in [2.05, 4.69) is 27.3 Å². The molecule has 1 aliphatic heterocycles. The predicted molar refractivity (Wildman–Crippen MR) is 106 cm³/mol. The van der Waals surface area contributed by atoms with Gasteiger partial charge < -0.3 is 18.9 Å². The van der Waals surface area contributed by atoms with Gasteiger partial charge in [0.05, 0.1) is 18.6 Å². The molecule has 4 heterocycles. The van der Waals surface area contributed by atoms with Crippen molar-refractivity contribution in [3.05, 3.63) is 66.0 Å². The number of para-hydroxylation sites is 1. The zero-order chi connectivity index (χ0) is 18.9. The third kappa shape index (κ3) is 3.20. The van der Waals surface area contributed by atoms with Gasteiger partial charge in [-0.25, -0.2) is 0 Å². The van der Waals surface area contributed by atoms with E-state index in [1.165, 1.54) is 28.4 Å². The van der Waals surface area contributed by atoms with Crippen LogP contribution in [0.5, 0.6) is 0 Å². The number of nitrogens with one attached hydrogen (secondary N) is 1. The van der Waals surface area contributed by atoms with Crippen LogP contribution in [0.2, 0.25) is 0 Å². The first kappa shape index (κ1) is 17.1.